The Kier molecular flexibility index (Phi) is 11.5. The van der Waals surface area contributed by atoms with Gasteiger partial charge in [-0.3, -0.25) is 19.7 Å². The fourth-order valence-electron chi connectivity index (χ4n) is 5.00. The minimum Gasteiger partial charge on any atom is -0.352 e. The van der Waals surface area contributed by atoms with Crippen LogP contribution < -0.4 is 5.32 Å². The highest BCUT2D eigenvalue weighted by Crippen LogP contribution is 2.28. The molecule has 0 saturated heterocycles. The van der Waals surface area contributed by atoms with Crippen LogP contribution in [0.4, 0.5) is 5.69 Å². The number of thioether (sulfide) groups is 1. The van der Waals surface area contributed by atoms with Gasteiger partial charge >= 0.3 is 0 Å². The number of nitro benzene ring substituents is 1. The molecule has 41 heavy (non-hydrogen) atoms. The first-order valence-corrected chi connectivity index (χ1v) is 15.6. The molecule has 4 rings (SSSR count). The standard InChI is InChI=1S/C31H33Cl2N3O4S/c32-27-12-7-13-28(33)26(27)19-35(30(37)21-41-20-23-14-16-25(17-15-23)36(39)40)29(18-22-8-3-1-4-9-22)31(38)34-24-10-5-2-6-11-24/h1,3-4,7-9,12-17,24,29H,2,5-6,10-11,18-21H2,(H,34,38)/t29-/m0/s1. The van der Waals surface area contributed by atoms with Crippen LogP contribution >= 0.6 is 35.0 Å². The van der Waals surface area contributed by atoms with Gasteiger partial charge in [0.25, 0.3) is 5.69 Å². The zero-order valence-corrected chi connectivity index (χ0v) is 25.0. The number of hydrogen-bond donors (Lipinski definition) is 1. The molecule has 0 unspecified atom stereocenters. The topological polar surface area (TPSA) is 92.6 Å². The molecule has 3 aromatic rings. The van der Waals surface area contributed by atoms with Crippen molar-refractivity contribution in [1.82, 2.24) is 10.2 Å². The van der Waals surface area contributed by atoms with E-state index in [0.29, 0.717) is 27.8 Å². The average molecular weight is 615 g/mol. The van der Waals surface area contributed by atoms with Gasteiger partial charge in [0.15, 0.2) is 0 Å². The zero-order chi connectivity index (χ0) is 29.2. The minimum absolute atomic E-state index is 0.0188. The van der Waals surface area contributed by atoms with E-state index in [4.69, 9.17) is 23.2 Å². The van der Waals surface area contributed by atoms with Crippen molar-refractivity contribution in [3.8, 4) is 0 Å². The fourth-order valence-corrected chi connectivity index (χ4v) is 6.39. The predicted octanol–water partition coefficient (Wildman–Crippen LogP) is 7.22. The number of hydrogen-bond acceptors (Lipinski definition) is 5. The van der Waals surface area contributed by atoms with Gasteiger partial charge in [0.05, 0.1) is 10.7 Å². The van der Waals surface area contributed by atoms with Gasteiger partial charge in [0.2, 0.25) is 11.8 Å². The molecule has 1 saturated carbocycles. The Balaban J connectivity index is 1.58. The van der Waals surface area contributed by atoms with Crippen LogP contribution in [0.1, 0.15) is 48.8 Å². The third-order valence-corrected chi connectivity index (χ3v) is 8.95. The van der Waals surface area contributed by atoms with E-state index in [1.807, 2.05) is 30.3 Å². The summed E-state index contributed by atoms with van der Waals surface area (Å²) in [6, 6.07) is 20.5. The highest BCUT2D eigenvalue weighted by atomic mass is 35.5. The van der Waals surface area contributed by atoms with E-state index in [2.05, 4.69) is 5.32 Å². The van der Waals surface area contributed by atoms with Gasteiger partial charge in [-0.1, -0.05) is 91.0 Å². The van der Waals surface area contributed by atoms with Crippen LogP contribution in [0.2, 0.25) is 10.0 Å². The zero-order valence-electron chi connectivity index (χ0n) is 22.6. The lowest BCUT2D eigenvalue weighted by Crippen LogP contribution is -2.53. The van der Waals surface area contributed by atoms with Gasteiger partial charge in [-0.15, -0.1) is 11.8 Å². The van der Waals surface area contributed by atoms with Crippen molar-refractivity contribution >= 4 is 52.5 Å². The first kappa shape index (κ1) is 30.9. The number of rotatable bonds is 12. The summed E-state index contributed by atoms with van der Waals surface area (Å²) in [6.45, 7) is 0.0883. The first-order chi connectivity index (χ1) is 19.8. The number of nitrogens with zero attached hydrogens (tertiary/aromatic N) is 2. The maximum atomic E-state index is 13.9. The molecule has 7 nitrogen and oxygen atoms in total. The van der Waals surface area contributed by atoms with Gasteiger partial charge in [0, 0.05) is 52.5 Å². The second-order valence-corrected chi connectivity index (χ2v) is 12.0. The summed E-state index contributed by atoms with van der Waals surface area (Å²) in [5.41, 5.74) is 2.42. The summed E-state index contributed by atoms with van der Waals surface area (Å²) in [7, 11) is 0. The van der Waals surface area contributed by atoms with Crippen LogP contribution in [0.3, 0.4) is 0 Å². The molecule has 1 fully saturated rings. The highest BCUT2D eigenvalue weighted by molar-refractivity contribution is 7.99. The third kappa shape index (κ3) is 8.96. The van der Waals surface area contributed by atoms with Crippen LogP contribution in [0.5, 0.6) is 0 Å². The van der Waals surface area contributed by atoms with Crippen LogP contribution in [0.15, 0.2) is 72.8 Å². The van der Waals surface area contributed by atoms with Gasteiger partial charge in [-0.2, -0.15) is 0 Å². The fraction of sp³-hybridized carbons (Fsp3) is 0.355. The molecule has 1 atom stereocenters. The largest absolute Gasteiger partial charge is 0.352 e. The summed E-state index contributed by atoms with van der Waals surface area (Å²) in [4.78, 5) is 39.9. The average Bonchev–Trinajstić information content (AvgIpc) is 2.97. The minimum atomic E-state index is -0.765. The van der Waals surface area contributed by atoms with Crippen LogP contribution in [-0.4, -0.2) is 39.5 Å². The summed E-state index contributed by atoms with van der Waals surface area (Å²) in [5, 5.41) is 15.0. The van der Waals surface area contributed by atoms with E-state index >= 15 is 0 Å². The molecule has 0 radical (unpaired) electrons. The molecule has 1 aliphatic carbocycles. The summed E-state index contributed by atoms with van der Waals surface area (Å²) < 4.78 is 0. The number of halogens is 2. The smallest absolute Gasteiger partial charge is 0.269 e. The van der Waals surface area contributed by atoms with Crippen molar-refractivity contribution in [3.05, 3.63) is 110 Å². The lowest BCUT2D eigenvalue weighted by molar-refractivity contribution is -0.384. The van der Waals surface area contributed by atoms with E-state index in [0.717, 1.165) is 36.8 Å². The molecule has 1 N–H and O–H groups in total. The maximum absolute atomic E-state index is 13.9. The van der Waals surface area contributed by atoms with E-state index in [1.165, 1.54) is 30.3 Å². The van der Waals surface area contributed by atoms with Crippen molar-refractivity contribution in [2.24, 2.45) is 0 Å². The van der Waals surface area contributed by atoms with Crippen LogP contribution in [0.25, 0.3) is 0 Å². The summed E-state index contributed by atoms with van der Waals surface area (Å²) in [6.07, 6.45) is 5.52. The molecule has 0 aromatic heterocycles. The van der Waals surface area contributed by atoms with Crippen LogP contribution in [-0.2, 0) is 28.3 Å². The molecule has 2 amide bonds. The first-order valence-electron chi connectivity index (χ1n) is 13.7. The number of benzene rings is 3. The predicted molar refractivity (Wildman–Crippen MR) is 165 cm³/mol. The van der Waals surface area contributed by atoms with Gasteiger partial charge in [0.1, 0.15) is 6.04 Å². The third-order valence-electron chi connectivity index (χ3n) is 7.25. The lowest BCUT2D eigenvalue weighted by atomic mass is 9.94. The Morgan fingerprint density at radius 1 is 0.927 bits per heavy atom. The number of non-ortho nitro benzene ring substituents is 1. The monoisotopic (exact) mass is 613 g/mol. The van der Waals surface area contributed by atoms with Crippen molar-refractivity contribution in [1.29, 1.82) is 0 Å². The van der Waals surface area contributed by atoms with Gasteiger partial charge in [-0.25, -0.2) is 0 Å². The second-order valence-electron chi connectivity index (χ2n) is 10.2. The molecule has 1 aliphatic rings. The molecule has 0 aliphatic heterocycles. The Morgan fingerprint density at radius 3 is 2.22 bits per heavy atom. The number of nitrogens with one attached hydrogen (secondary N) is 1. The van der Waals surface area contributed by atoms with Gasteiger partial charge in [-0.05, 0) is 36.1 Å². The van der Waals surface area contributed by atoms with E-state index in [-0.39, 0.29) is 35.8 Å². The number of carbonyl (C=O) groups excluding carboxylic acids is 2. The Labute approximate surface area is 254 Å². The Hall–Kier alpha value is -3.07. The van der Waals surface area contributed by atoms with Crippen molar-refractivity contribution in [3.63, 3.8) is 0 Å². The summed E-state index contributed by atoms with van der Waals surface area (Å²) >= 11 is 14.4. The highest BCUT2D eigenvalue weighted by Gasteiger charge is 2.32. The van der Waals surface area contributed by atoms with Crippen LogP contribution in [0, 0.1) is 10.1 Å². The lowest BCUT2D eigenvalue weighted by Gasteiger charge is -2.34. The molecule has 0 bridgehead atoms. The van der Waals surface area contributed by atoms with Crippen molar-refractivity contribution < 1.29 is 14.5 Å². The van der Waals surface area contributed by atoms with E-state index < -0.39 is 11.0 Å². The molecular weight excluding hydrogens is 581 g/mol. The van der Waals surface area contributed by atoms with Crippen molar-refractivity contribution in [2.75, 3.05) is 5.75 Å². The second kappa shape index (κ2) is 15.2. The quantitative estimate of drug-likeness (QED) is 0.172. The van der Waals surface area contributed by atoms with Crippen molar-refractivity contribution in [2.45, 2.75) is 62.9 Å². The summed E-state index contributed by atoms with van der Waals surface area (Å²) in [5.74, 6) is 0.202. The maximum Gasteiger partial charge on any atom is 0.269 e. The van der Waals surface area contributed by atoms with E-state index in [1.54, 1.807) is 35.2 Å². The van der Waals surface area contributed by atoms with E-state index in [9.17, 15) is 19.7 Å². The Bertz CT molecular complexity index is 1310. The molecule has 3 aromatic carbocycles. The molecule has 0 spiro atoms. The number of carbonyl (C=O) groups is 2. The molecular formula is C31H33Cl2N3O4S. The number of amides is 2. The molecule has 10 heteroatoms. The molecule has 216 valence electrons. The SMILES string of the molecule is O=C(NC1CCCCC1)[C@H](Cc1ccccc1)N(Cc1c(Cl)cccc1Cl)C(=O)CSCc1ccc([N+](=O)[O-])cc1. The number of nitro groups is 1. The Morgan fingerprint density at radius 2 is 1.59 bits per heavy atom. The van der Waals surface area contributed by atoms with Gasteiger partial charge < -0.3 is 10.2 Å². The normalized spacial score (nSPS) is 14.3. The molecule has 0 heterocycles.